The molecular formula is C13H15NO2S. The molecule has 1 rings (SSSR count). The van der Waals surface area contributed by atoms with E-state index in [4.69, 9.17) is 5.26 Å². The molecule has 0 amide bonds. The molecule has 4 heteroatoms. The molecule has 0 spiro atoms. The zero-order chi connectivity index (χ0) is 13.0. The number of ketones is 1. The van der Waals surface area contributed by atoms with Crippen LogP contribution < -0.4 is 0 Å². The van der Waals surface area contributed by atoms with Crippen molar-refractivity contribution in [1.82, 2.24) is 0 Å². The van der Waals surface area contributed by atoms with E-state index in [2.05, 4.69) is 13.8 Å². The van der Waals surface area contributed by atoms with E-state index in [9.17, 15) is 9.90 Å². The first kappa shape index (κ1) is 13.5. The second-order valence-electron chi connectivity index (χ2n) is 4.00. The molecule has 17 heavy (non-hydrogen) atoms. The Morgan fingerprint density at radius 3 is 2.65 bits per heavy atom. The van der Waals surface area contributed by atoms with Crippen LogP contribution in [0.5, 0.6) is 0 Å². The molecule has 0 unspecified atom stereocenters. The molecule has 1 aromatic heterocycles. The minimum atomic E-state index is -0.331. The van der Waals surface area contributed by atoms with Crippen LogP contribution in [0.3, 0.4) is 0 Å². The second kappa shape index (κ2) is 5.65. The third-order valence-corrected chi connectivity index (χ3v) is 3.64. The van der Waals surface area contributed by atoms with Gasteiger partial charge in [-0.15, -0.1) is 11.3 Å². The van der Waals surface area contributed by atoms with Crippen molar-refractivity contribution in [2.45, 2.75) is 33.1 Å². The fourth-order valence-corrected chi connectivity index (χ4v) is 2.26. The first-order valence-electron chi connectivity index (χ1n) is 5.46. The maximum atomic E-state index is 11.5. The molecule has 0 aromatic carbocycles. The highest BCUT2D eigenvalue weighted by molar-refractivity contribution is 7.10. The fraction of sp³-hybridized carbons (Fsp3) is 0.385. The van der Waals surface area contributed by atoms with Crippen molar-refractivity contribution >= 4 is 22.9 Å². The summed E-state index contributed by atoms with van der Waals surface area (Å²) in [6.07, 6.45) is 0.216. The van der Waals surface area contributed by atoms with Gasteiger partial charge in [-0.2, -0.15) is 5.26 Å². The summed E-state index contributed by atoms with van der Waals surface area (Å²) in [5.41, 5.74) is 0.401. The first-order valence-corrected chi connectivity index (χ1v) is 6.34. The second-order valence-corrected chi connectivity index (χ2v) is 4.95. The number of Topliss-reactive ketones (excluding diaryl/α,β-unsaturated/α-hetero) is 1. The number of nitrogens with zero attached hydrogens (tertiary/aromatic N) is 1. The van der Waals surface area contributed by atoms with Crippen molar-refractivity contribution in [1.29, 1.82) is 5.26 Å². The lowest BCUT2D eigenvalue weighted by Gasteiger charge is -2.00. The number of hydrogen-bond donors (Lipinski definition) is 1. The molecule has 0 bridgehead atoms. The highest BCUT2D eigenvalue weighted by atomic mass is 32.1. The molecule has 0 saturated heterocycles. The largest absolute Gasteiger partial charge is 0.506 e. The smallest absolute Gasteiger partial charge is 0.176 e. The molecule has 0 radical (unpaired) electrons. The van der Waals surface area contributed by atoms with Crippen LogP contribution in [0.2, 0.25) is 0 Å². The van der Waals surface area contributed by atoms with Crippen LogP contribution in [-0.2, 0) is 4.79 Å². The standard InChI is InChI=1S/C13H15NO2S/c1-4-11(15)10(6-14)13(16)9-5-12(8(2)3)17-7-9/h5,7-8,16H,4H2,1-3H3. The number of carbonyl (C=O) groups is 1. The van der Waals surface area contributed by atoms with Crippen LogP contribution in [0.25, 0.3) is 5.76 Å². The van der Waals surface area contributed by atoms with Gasteiger partial charge in [-0.3, -0.25) is 4.79 Å². The Morgan fingerprint density at radius 2 is 2.24 bits per heavy atom. The van der Waals surface area contributed by atoms with Gasteiger partial charge in [0.1, 0.15) is 17.4 Å². The number of allylic oxidation sites excluding steroid dienone is 1. The van der Waals surface area contributed by atoms with Gasteiger partial charge in [-0.05, 0) is 12.0 Å². The summed E-state index contributed by atoms with van der Waals surface area (Å²) in [5.74, 6) is -0.168. The van der Waals surface area contributed by atoms with Gasteiger partial charge >= 0.3 is 0 Å². The Bertz CT molecular complexity index is 492. The van der Waals surface area contributed by atoms with E-state index in [1.165, 1.54) is 11.3 Å². The van der Waals surface area contributed by atoms with Crippen molar-refractivity contribution < 1.29 is 9.90 Å². The molecule has 0 saturated carbocycles. The summed E-state index contributed by atoms with van der Waals surface area (Å²) in [7, 11) is 0. The third kappa shape index (κ3) is 2.95. The van der Waals surface area contributed by atoms with E-state index in [1.807, 2.05) is 6.07 Å². The molecular weight excluding hydrogens is 234 g/mol. The predicted molar refractivity (Wildman–Crippen MR) is 68.9 cm³/mol. The summed E-state index contributed by atoms with van der Waals surface area (Å²) >= 11 is 1.52. The van der Waals surface area contributed by atoms with Gasteiger partial charge in [-0.25, -0.2) is 0 Å². The van der Waals surface area contributed by atoms with Gasteiger partial charge in [0.05, 0.1) is 0 Å². The quantitative estimate of drug-likeness (QED) is 0.503. The van der Waals surface area contributed by atoms with Crippen LogP contribution in [0, 0.1) is 11.3 Å². The van der Waals surface area contributed by atoms with Crippen LogP contribution in [0.15, 0.2) is 17.0 Å². The average molecular weight is 249 g/mol. The molecule has 0 aliphatic heterocycles. The van der Waals surface area contributed by atoms with Crippen LogP contribution in [-0.4, -0.2) is 10.9 Å². The molecule has 0 atom stereocenters. The van der Waals surface area contributed by atoms with Gasteiger partial charge in [-0.1, -0.05) is 20.8 Å². The zero-order valence-corrected chi connectivity index (χ0v) is 11.0. The maximum Gasteiger partial charge on any atom is 0.176 e. The molecule has 0 aliphatic carbocycles. The van der Waals surface area contributed by atoms with Gasteiger partial charge < -0.3 is 5.11 Å². The lowest BCUT2D eigenvalue weighted by molar-refractivity contribution is -0.114. The Balaban J connectivity index is 3.17. The molecule has 90 valence electrons. The summed E-state index contributed by atoms with van der Waals surface area (Å²) in [6, 6.07) is 3.60. The van der Waals surface area contributed by atoms with Gasteiger partial charge in [0, 0.05) is 22.2 Å². The molecule has 1 heterocycles. The van der Waals surface area contributed by atoms with Crippen molar-refractivity contribution in [2.24, 2.45) is 0 Å². The molecule has 0 fully saturated rings. The number of aliphatic hydroxyl groups excluding tert-OH is 1. The van der Waals surface area contributed by atoms with Gasteiger partial charge in [0.25, 0.3) is 0 Å². The summed E-state index contributed by atoms with van der Waals surface area (Å²) in [4.78, 5) is 12.6. The average Bonchev–Trinajstić information content (AvgIpc) is 2.78. The van der Waals surface area contributed by atoms with Crippen LogP contribution in [0.4, 0.5) is 0 Å². The number of hydrogen-bond acceptors (Lipinski definition) is 4. The number of rotatable bonds is 4. The summed E-state index contributed by atoms with van der Waals surface area (Å²) < 4.78 is 0. The van der Waals surface area contributed by atoms with Crippen molar-refractivity contribution in [3.05, 3.63) is 27.5 Å². The minimum absolute atomic E-state index is 0.152. The SMILES string of the molecule is CCC(=O)C(C#N)=C(O)c1csc(C(C)C)c1. The highest BCUT2D eigenvalue weighted by Gasteiger charge is 2.16. The maximum absolute atomic E-state index is 11.5. The fourth-order valence-electron chi connectivity index (χ4n) is 1.35. The van der Waals surface area contributed by atoms with E-state index >= 15 is 0 Å². The van der Waals surface area contributed by atoms with Gasteiger partial charge in [0.2, 0.25) is 0 Å². The highest BCUT2D eigenvalue weighted by Crippen LogP contribution is 2.27. The summed E-state index contributed by atoms with van der Waals surface area (Å²) in [6.45, 7) is 5.78. The summed E-state index contributed by atoms with van der Waals surface area (Å²) in [5, 5.41) is 20.6. The Hall–Kier alpha value is -1.60. The lowest BCUT2D eigenvalue weighted by Crippen LogP contribution is -2.01. The number of thiophene rings is 1. The Labute approximate surface area is 105 Å². The monoisotopic (exact) mass is 249 g/mol. The van der Waals surface area contributed by atoms with Crippen molar-refractivity contribution in [3.8, 4) is 6.07 Å². The lowest BCUT2D eigenvalue weighted by atomic mass is 10.1. The third-order valence-electron chi connectivity index (χ3n) is 2.41. The van der Waals surface area contributed by atoms with E-state index < -0.39 is 0 Å². The van der Waals surface area contributed by atoms with Gasteiger partial charge in [0.15, 0.2) is 5.78 Å². The zero-order valence-electron chi connectivity index (χ0n) is 10.2. The molecule has 1 aromatic rings. The van der Waals surface area contributed by atoms with Crippen LogP contribution >= 0.6 is 11.3 Å². The predicted octanol–water partition coefficient (Wildman–Crippen LogP) is 3.64. The van der Waals surface area contributed by atoms with E-state index in [1.54, 1.807) is 18.4 Å². The molecule has 0 aliphatic rings. The number of carbonyl (C=O) groups excluding carboxylic acids is 1. The van der Waals surface area contributed by atoms with E-state index in [0.29, 0.717) is 11.5 Å². The van der Waals surface area contributed by atoms with E-state index in [-0.39, 0.29) is 23.5 Å². The molecule has 1 N–H and O–H groups in total. The van der Waals surface area contributed by atoms with Crippen molar-refractivity contribution in [2.75, 3.05) is 0 Å². The van der Waals surface area contributed by atoms with Crippen molar-refractivity contribution in [3.63, 3.8) is 0 Å². The Kier molecular flexibility index (Phi) is 4.47. The topological polar surface area (TPSA) is 61.1 Å². The van der Waals surface area contributed by atoms with E-state index in [0.717, 1.165) is 4.88 Å². The normalized spacial score (nSPS) is 12.2. The number of aliphatic hydroxyl groups is 1. The first-order chi connectivity index (χ1) is 8.01. The van der Waals surface area contributed by atoms with Crippen LogP contribution in [0.1, 0.15) is 43.6 Å². The number of nitriles is 1. The Morgan fingerprint density at radius 1 is 1.59 bits per heavy atom. The minimum Gasteiger partial charge on any atom is -0.506 e. The molecule has 3 nitrogen and oxygen atoms in total.